The van der Waals surface area contributed by atoms with Crippen LogP contribution in [0.15, 0.2) is 48.5 Å². The number of imidazole rings is 1. The molecule has 1 saturated carbocycles. The van der Waals surface area contributed by atoms with Gasteiger partial charge in [-0.3, -0.25) is 0 Å². The van der Waals surface area contributed by atoms with E-state index in [0.29, 0.717) is 6.04 Å². The highest BCUT2D eigenvalue weighted by molar-refractivity contribution is 5.85. The maximum absolute atomic E-state index is 4.93. The van der Waals surface area contributed by atoms with Crippen molar-refractivity contribution in [3.05, 3.63) is 54.1 Å². The van der Waals surface area contributed by atoms with Crippen LogP contribution in [0.4, 0.5) is 0 Å². The van der Waals surface area contributed by atoms with Gasteiger partial charge in [-0.15, -0.1) is 0 Å². The molecular formula is C21H20N4. The Morgan fingerprint density at radius 1 is 0.880 bits per heavy atom. The van der Waals surface area contributed by atoms with Crippen LogP contribution in [0.3, 0.4) is 0 Å². The third-order valence-electron chi connectivity index (χ3n) is 5.17. The second kappa shape index (κ2) is 5.66. The lowest BCUT2D eigenvalue weighted by atomic mass is 10.1. The first-order valence-corrected chi connectivity index (χ1v) is 9.01. The van der Waals surface area contributed by atoms with E-state index in [2.05, 4.69) is 35.8 Å². The second-order valence-corrected chi connectivity index (χ2v) is 6.97. The first-order valence-electron chi connectivity index (χ1n) is 9.01. The van der Waals surface area contributed by atoms with Gasteiger partial charge in [-0.1, -0.05) is 48.7 Å². The molecule has 0 unspecified atom stereocenters. The lowest BCUT2D eigenvalue weighted by Gasteiger charge is -2.16. The summed E-state index contributed by atoms with van der Waals surface area (Å²) in [7, 11) is 0. The standard InChI is InChI=1S/C21H20N4/c1-14-7-6-8-15(13-14)20-24-19-21(25(20)16-9-2-3-10-16)23-18-12-5-4-11-17(18)22-19/h4-8,11-13,16H,2-3,9-10H2,1H3. The predicted molar refractivity (Wildman–Crippen MR) is 101 cm³/mol. The molecule has 0 atom stereocenters. The van der Waals surface area contributed by atoms with E-state index in [9.17, 15) is 0 Å². The summed E-state index contributed by atoms with van der Waals surface area (Å²) in [6.45, 7) is 2.12. The second-order valence-electron chi connectivity index (χ2n) is 6.97. The summed E-state index contributed by atoms with van der Waals surface area (Å²) < 4.78 is 2.34. The maximum atomic E-state index is 4.93. The number of rotatable bonds is 2. The molecule has 5 rings (SSSR count). The fraction of sp³-hybridized carbons (Fsp3) is 0.286. The summed E-state index contributed by atoms with van der Waals surface area (Å²) in [6, 6.07) is 17.1. The fourth-order valence-corrected chi connectivity index (χ4v) is 3.97. The minimum absolute atomic E-state index is 0.468. The van der Waals surface area contributed by atoms with E-state index in [0.717, 1.165) is 33.7 Å². The molecule has 0 aliphatic heterocycles. The Bertz CT molecular complexity index is 1070. The Kier molecular flexibility index (Phi) is 3.30. The molecule has 124 valence electrons. The molecule has 0 radical (unpaired) electrons. The molecule has 0 bridgehead atoms. The van der Waals surface area contributed by atoms with Crippen LogP contribution >= 0.6 is 0 Å². The van der Waals surface area contributed by atoms with Crippen molar-refractivity contribution >= 4 is 22.3 Å². The van der Waals surface area contributed by atoms with Gasteiger partial charge in [-0.2, -0.15) is 0 Å². The van der Waals surface area contributed by atoms with Crippen molar-refractivity contribution in [1.29, 1.82) is 0 Å². The Morgan fingerprint density at radius 2 is 1.64 bits per heavy atom. The number of hydrogen-bond acceptors (Lipinski definition) is 3. The minimum atomic E-state index is 0.468. The molecule has 25 heavy (non-hydrogen) atoms. The van der Waals surface area contributed by atoms with Crippen LogP contribution in [0.2, 0.25) is 0 Å². The van der Waals surface area contributed by atoms with E-state index >= 15 is 0 Å². The van der Waals surface area contributed by atoms with Gasteiger partial charge in [0.2, 0.25) is 0 Å². The molecule has 0 amide bonds. The van der Waals surface area contributed by atoms with Gasteiger partial charge >= 0.3 is 0 Å². The topological polar surface area (TPSA) is 43.6 Å². The number of para-hydroxylation sites is 2. The van der Waals surface area contributed by atoms with Gasteiger partial charge in [0.1, 0.15) is 5.82 Å². The van der Waals surface area contributed by atoms with E-state index in [-0.39, 0.29) is 0 Å². The smallest absolute Gasteiger partial charge is 0.198 e. The van der Waals surface area contributed by atoms with Gasteiger partial charge in [0.05, 0.1) is 11.0 Å². The predicted octanol–water partition coefficient (Wildman–Crippen LogP) is 5.07. The number of aromatic nitrogens is 4. The Labute approximate surface area is 146 Å². The summed E-state index contributed by atoms with van der Waals surface area (Å²) in [6.07, 6.45) is 4.94. The molecule has 4 aromatic rings. The quantitative estimate of drug-likeness (QED) is 0.516. The van der Waals surface area contributed by atoms with Crippen LogP contribution in [0.1, 0.15) is 37.3 Å². The molecule has 2 heterocycles. The number of fused-ring (bicyclic) bond motifs is 2. The zero-order valence-corrected chi connectivity index (χ0v) is 14.3. The number of benzene rings is 2. The molecule has 2 aromatic carbocycles. The first kappa shape index (κ1) is 14.6. The van der Waals surface area contributed by atoms with Crippen molar-refractivity contribution in [2.24, 2.45) is 0 Å². The average molecular weight is 328 g/mol. The van der Waals surface area contributed by atoms with E-state index < -0.39 is 0 Å². The molecule has 0 saturated heterocycles. The minimum Gasteiger partial charge on any atom is -0.304 e. The molecule has 1 fully saturated rings. The van der Waals surface area contributed by atoms with Crippen LogP contribution in [0.25, 0.3) is 33.7 Å². The summed E-state index contributed by atoms with van der Waals surface area (Å²) >= 11 is 0. The lowest BCUT2D eigenvalue weighted by molar-refractivity contribution is 0.534. The van der Waals surface area contributed by atoms with E-state index in [1.54, 1.807) is 0 Å². The molecule has 2 aromatic heterocycles. The van der Waals surface area contributed by atoms with Crippen molar-refractivity contribution in [1.82, 2.24) is 19.5 Å². The van der Waals surface area contributed by atoms with Gasteiger partial charge in [-0.05, 0) is 38.0 Å². The normalized spacial score (nSPS) is 15.4. The SMILES string of the molecule is Cc1cccc(-c2nc3nc4ccccc4nc3n2C2CCCC2)c1. The highest BCUT2D eigenvalue weighted by atomic mass is 15.2. The van der Waals surface area contributed by atoms with Crippen molar-refractivity contribution in [3.8, 4) is 11.4 Å². The molecular weight excluding hydrogens is 308 g/mol. The van der Waals surface area contributed by atoms with Gasteiger partial charge < -0.3 is 4.57 Å². The van der Waals surface area contributed by atoms with Crippen LogP contribution in [0, 0.1) is 6.92 Å². The lowest BCUT2D eigenvalue weighted by Crippen LogP contribution is -2.07. The van der Waals surface area contributed by atoms with Crippen LogP contribution < -0.4 is 0 Å². The Morgan fingerprint density at radius 3 is 2.40 bits per heavy atom. The zero-order chi connectivity index (χ0) is 16.8. The monoisotopic (exact) mass is 328 g/mol. The molecule has 4 heteroatoms. The average Bonchev–Trinajstić information content (AvgIpc) is 3.26. The van der Waals surface area contributed by atoms with E-state index in [4.69, 9.17) is 15.0 Å². The van der Waals surface area contributed by atoms with Crippen molar-refractivity contribution < 1.29 is 0 Å². The van der Waals surface area contributed by atoms with E-state index in [1.807, 2.05) is 24.3 Å². The van der Waals surface area contributed by atoms with Crippen LogP contribution in [-0.4, -0.2) is 19.5 Å². The summed E-state index contributed by atoms with van der Waals surface area (Å²) in [5.41, 5.74) is 5.90. The van der Waals surface area contributed by atoms with Crippen LogP contribution in [0.5, 0.6) is 0 Å². The molecule has 4 nitrogen and oxygen atoms in total. The summed E-state index contributed by atoms with van der Waals surface area (Å²) in [5, 5.41) is 0. The van der Waals surface area contributed by atoms with E-state index in [1.165, 1.54) is 31.2 Å². The third-order valence-corrected chi connectivity index (χ3v) is 5.17. The van der Waals surface area contributed by atoms with Crippen molar-refractivity contribution in [2.75, 3.05) is 0 Å². The number of nitrogens with zero attached hydrogens (tertiary/aromatic N) is 4. The molecule has 0 spiro atoms. The van der Waals surface area contributed by atoms with Crippen molar-refractivity contribution in [3.63, 3.8) is 0 Å². The van der Waals surface area contributed by atoms with Gasteiger partial charge in [0.15, 0.2) is 11.3 Å². The summed E-state index contributed by atoms with van der Waals surface area (Å²) in [4.78, 5) is 14.6. The van der Waals surface area contributed by atoms with Crippen LogP contribution in [-0.2, 0) is 0 Å². The highest BCUT2D eigenvalue weighted by Gasteiger charge is 2.25. The van der Waals surface area contributed by atoms with Gasteiger partial charge in [0.25, 0.3) is 0 Å². The highest BCUT2D eigenvalue weighted by Crippen LogP contribution is 2.36. The van der Waals surface area contributed by atoms with Crippen molar-refractivity contribution in [2.45, 2.75) is 38.6 Å². The Balaban J connectivity index is 1.83. The Hall–Kier alpha value is -2.75. The number of hydrogen-bond donors (Lipinski definition) is 0. The molecule has 1 aliphatic rings. The first-order chi connectivity index (χ1) is 12.3. The molecule has 0 N–H and O–H groups in total. The van der Waals surface area contributed by atoms with Gasteiger partial charge in [-0.25, -0.2) is 15.0 Å². The fourth-order valence-electron chi connectivity index (χ4n) is 3.97. The maximum Gasteiger partial charge on any atom is 0.198 e. The third kappa shape index (κ3) is 2.40. The van der Waals surface area contributed by atoms with Gasteiger partial charge in [0, 0.05) is 11.6 Å². The summed E-state index contributed by atoms with van der Waals surface area (Å²) in [5.74, 6) is 1.00. The molecule has 1 aliphatic carbocycles. The largest absolute Gasteiger partial charge is 0.304 e. The zero-order valence-electron chi connectivity index (χ0n) is 14.3. The number of aryl methyl sites for hydroxylation is 1.